The number of hydrogen-bond donors (Lipinski definition) is 1. The van der Waals surface area contributed by atoms with Gasteiger partial charge in [-0.05, 0) is 55.8 Å². The molecular weight excluding hydrogens is 222 g/mol. The lowest BCUT2D eigenvalue weighted by Crippen LogP contribution is -2.28. The van der Waals surface area contributed by atoms with Crippen molar-refractivity contribution in [2.75, 3.05) is 26.2 Å². The Morgan fingerprint density at radius 2 is 2.11 bits per heavy atom. The molecule has 1 spiro atoms. The highest BCUT2D eigenvalue weighted by Crippen LogP contribution is 2.36. The Bertz CT molecular complexity index is 418. The molecule has 2 saturated heterocycles. The summed E-state index contributed by atoms with van der Waals surface area (Å²) in [6.45, 7) is 9.52. The molecule has 2 aliphatic heterocycles. The fourth-order valence-corrected chi connectivity index (χ4v) is 3.27. The van der Waals surface area contributed by atoms with E-state index in [1.807, 2.05) is 12.1 Å². The molecular formula is C15H21N3. The molecule has 18 heavy (non-hydrogen) atoms. The highest BCUT2D eigenvalue weighted by Gasteiger charge is 2.39. The Morgan fingerprint density at radius 3 is 2.78 bits per heavy atom. The van der Waals surface area contributed by atoms with Gasteiger partial charge >= 0.3 is 0 Å². The molecule has 3 heteroatoms. The van der Waals surface area contributed by atoms with Crippen LogP contribution in [-0.4, -0.2) is 37.8 Å². The van der Waals surface area contributed by atoms with Crippen molar-refractivity contribution < 1.29 is 0 Å². The predicted molar refractivity (Wildman–Crippen MR) is 75.5 cm³/mol. The van der Waals surface area contributed by atoms with Crippen molar-refractivity contribution in [3.63, 3.8) is 0 Å². The van der Waals surface area contributed by atoms with E-state index in [1.165, 1.54) is 44.6 Å². The number of aliphatic imine (C=N–C) groups is 1. The van der Waals surface area contributed by atoms with Crippen LogP contribution >= 0.6 is 0 Å². The molecule has 2 heterocycles. The topological polar surface area (TPSA) is 27.6 Å². The summed E-state index contributed by atoms with van der Waals surface area (Å²) in [5, 5.41) is 3.51. The monoisotopic (exact) mass is 243 g/mol. The number of hydrogen-bond acceptors (Lipinski definition) is 3. The average Bonchev–Trinajstić information content (AvgIpc) is 3.02. The summed E-state index contributed by atoms with van der Waals surface area (Å²) in [5.41, 5.74) is 2.91. The molecule has 0 radical (unpaired) electrons. The van der Waals surface area contributed by atoms with Gasteiger partial charge in [-0.1, -0.05) is 12.1 Å². The van der Waals surface area contributed by atoms with E-state index in [9.17, 15) is 0 Å². The summed E-state index contributed by atoms with van der Waals surface area (Å²) in [4.78, 5) is 6.52. The van der Waals surface area contributed by atoms with Crippen molar-refractivity contribution in [1.29, 1.82) is 0 Å². The first-order valence-electron chi connectivity index (χ1n) is 6.78. The molecule has 96 valence electrons. The molecule has 2 aliphatic rings. The summed E-state index contributed by atoms with van der Waals surface area (Å²) < 4.78 is 0. The van der Waals surface area contributed by atoms with Crippen molar-refractivity contribution in [3.8, 4) is 0 Å². The molecule has 0 saturated carbocycles. The van der Waals surface area contributed by atoms with Crippen molar-refractivity contribution >= 4 is 12.4 Å². The molecule has 0 bridgehead atoms. The number of benzene rings is 1. The minimum atomic E-state index is 0.572. The SMILES string of the molecule is C=Nc1ccc(CN2CCC3(CCNC3)C2)cc1. The van der Waals surface area contributed by atoms with Gasteiger partial charge in [0.2, 0.25) is 0 Å². The van der Waals surface area contributed by atoms with Crippen LogP contribution in [0, 0.1) is 5.41 Å². The lowest BCUT2D eigenvalue weighted by atomic mass is 9.86. The van der Waals surface area contributed by atoms with Crippen LogP contribution in [0.4, 0.5) is 5.69 Å². The molecule has 0 aromatic heterocycles. The zero-order valence-corrected chi connectivity index (χ0v) is 10.9. The molecule has 1 aromatic carbocycles. The lowest BCUT2D eigenvalue weighted by Gasteiger charge is -2.22. The second-order valence-electron chi connectivity index (χ2n) is 5.71. The second-order valence-corrected chi connectivity index (χ2v) is 5.71. The highest BCUT2D eigenvalue weighted by molar-refractivity contribution is 5.45. The lowest BCUT2D eigenvalue weighted by molar-refractivity contribution is 0.268. The van der Waals surface area contributed by atoms with E-state index in [-0.39, 0.29) is 0 Å². The average molecular weight is 243 g/mol. The van der Waals surface area contributed by atoms with Gasteiger partial charge in [-0.15, -0.1) is 0 Å². The quantitative estimate of drug-likeness (QED) is 0.824. The van der Waals surface area contributed by atoms with Gasteiger partial charge in [0.1, 0.15) is 0 Å². The van der Waals surface area contributed by atoms with Crippen molar-refractivity contribution in [2.24, 2.45) is 10.4 Å². The van der Waals surface area contributed by atoms with E-state index in [2.05, 4.69) is 34.1 Å². The molecule has 1 atom stereocenters. The van der Waals surface area contributed by atoms with Crippen LogP contribution in [0.25, 0.3) is 0 Å². The first kappa shape index (κ1) is 11.9. The van der Waals surface area contributed by atoms with Gasteiger partial charge in [-0.2, -0.15) is 0 Å². The normalized spacial score (nSPS) is 28.0. The van der Waals surface area contributed by atoms with E-state index in [0.717, 1.165) is 12.2 Å². The Labute approximate surface area is 109 Å². The highest BCUT2D eigenvalue weighted by atomic mass is 15.2. The van der Waals surface area contributed by atoms with Gasteiger partial charge in [-0.3, -0.25) is 9.89 Å². The number of rotatable bonds is 3. The first-order valence-corrected chi connectivity index (χ1v) is 6.78. The summed E-state index contributed by atoms with van der Waals surface area (Å²) in [7, 11) is 0. The number of likely N-dealkylation sites (tertiary alicyclic amines) is 1. The van der Waals surface area contributed by atoms with E-state index >= 15 is 0 Å². The Hall–Kier alpha value is -1.19. The molecule has 1 N–H and O–H groups in total. The Morgan fingerprint density at radius 1 is 1.28 bits per heavy atom. The third-order valence-electron chi connectivity index (χ3n) is 4.37. The zero-order valence-electron chi connectivity index (χ0n) is 10.9. The fourth-order valence-electron chi connectivity index (χ4n) is 3.27. The molecule has 3 rings (SSSR count). The van der Waals surface area contributed by atoms with Gasteiger partial charge < -0.3 is 5.32 Å². The van der Waals surface area contributed by atoms with Crippen LogP contribution in [0.5, 0.6) is 0 Å². The summed E-state index contributed by atoms with van der Waals surface area (Å²) in [5.74, 6) is 0. The smallest absolute Gasteiger partial charge is 0.0622 e. The molecule has 0 amide bonds. The molecule has 2 fully saturated rings. The third-order valence-corrected chi connectivity index (χ3v) is 4.37. The van der Waals surface area contributed by atoms with Crippen LogP contribution in [0.3, 0.4) is 0 Å². The maximum absolute atomic E-state index is 3.93. The molecule has 1 aromatic rings. The van der Waals surface area contributed by atoms with Crippen LogP contribution in [0.1, 0.15) is 18.4 Å². The standard InChI is InChI=1S/C15H21N3/c1-16-14-4-2-13(3-5-14)10-18-9-7-15(12-18)6-8-17-11-15/h2-5,17H,1,6-12H2. The second kappa shape index (κ2) is 4.82. The van der Waals surface area contributed by atoms with Crippen molar-refractivity contribution in [1.82, 2.24) is 10.2 Å². The van der Waals surface area contributed by atoms with Crippen LogP contribution in [-0.2, 0) is 6.54 Å². The zero-order chi connectivity index (χ0) is 12.4. The van der Waals surface area contributed by atoms with Gasteiger partial charge in [0, 0.05) is 19.6 Å². The Balaban J connectivity index is 1.61. The molecule has 1 unspecified atom stereocenters. The minimum Gasteiger partial charge on any atom is -0.316 e. The fraction of sp³-hybridized carbons (Fsp3) is 0.533. The number of nitrogens with one attached hydrogen (secondary N) is 1. The van der Waals surface area contributed by atoms with Crippen molar-refractivity contribution in [2.45, 2.75) is 19.4 Å². The van der Waals surface area contributed by atoms with Crippen LogP contribution in [0.15, 0.2) is 29.3 Å². The largest absolute Gasteiger partial charge is 0.316 e. The predicted octanol–water partition coefficient (Wildman–Crippen LogP) is 2.20. The minimum absolute atomic E-state index is 0.572. The van der Waals surface area contributed by atoms with Gasteiger partial charge in [0.15, 0.2) is 0 Å². The van der Waals surface area contributed by atoms with Gasteiger partial charge in [0.05, 0.1) is 5.69 Å². The molecule has 0 aliphatic carbocycles. The summed E-state index contributed by atoms with van der Waals surface area (Å²) >= 11 is 0. The van der Waals surface area contributed by atoms with E-state index in [0.29, 0.717) is 5.41 Å². The molecule has 3 nitrogen and oxygen atoms in total. The van der Waals surface area contributed by atoms with E-state index in [4.69, 9.17) is 0 Å². The number of nitrogens with zero attached hydrogens (tertiary/aromatic N) is 2. The van der Waals surface area contributed by atoms with Crippen molar-refractivity contribution in [3.05, 3.63) is 29.8 Å². The van der Waals surface area contributed by atoms with E-state index in [1.54, 1.807) is 0 Å². The maximum Gasteiger partial charge on any atom is 0.0622 e. The van der Waals surface area contributed by atoms with Gasteiger partial charge in [-0.25, -0.2) is 0 Å². The van der Waals surface area contributed by atoms with Crippen LogP contribution < -0.4 is 5.32 Å². The van der Waals surface area contributed by atoms with Crippen LogP contribution in [0.2, 0.25) is 0 Å². The third kappa shape index (κ3) is 2.33. The Kier molecular flexibility index (Phi) is 3.18. The summed E-state index contributed by atoms with van der Waals surface area (Å²) in [6, 6.07) is 8.43. The summed E-state index contributed by atoms with van der Waals surface area (Å²) in [6.07, 6.45) is 2.70. The van der Waals surface area contributed by atoms with E-state index < -0.39 is 0 Å². The van der Waals surface area contributed by atoms with Gasteiger partial charge in [0.25, 0.3) is 0 Å². The first-order chi connectivity index (χ1) is 8.80. The maximum atomic E-state index is 3.93.